The average molecular weight is 617 g/mol. The lowest BCUT2D eigenvalue weighted by Gasteiger charge is -2.35. The number of benzene rings is 1. The van der Waals surface area contributed by atoms with Crippen molar-refractivity contribution in [2.45, 2.75) is 98.2 Å². The summed E-state index contributed by atoms with van der Waals surface area (Å²) in [6, 6.07) is 4.72. The first-order chi connectivity index (χ1) is 20.5. The van der Waals surface area contributed by atoms with Crippen LogP contribution in [-0.4, -0.2) is 79.9 Å². The van der Waals surface area contributed by atoms with Gasteiger partial charge in [0.2, 0.25) is 5.82 Å². The van der Waals surface area contributed by atoms with Crippen molar-refractivity contribution in [3.8, 4) is 6.01 Å². The summed E-state index contributed by atoms with van der Waals surface area (Å²) in [5.74, 6) is -0.944. The van der Waals surface area contributed by atoms with E-state index in [1.807, 2.05) is 20.8 Å². The Morgan fingerprint density at radius 1 is 1.09 bits per heavy atom. The zero-order valence-electron chi connectivity index (χ0n) is 26.5. The number of piperazine rings is 1. The van der Waals surface area contributed by atoms with Crippen LogP contribution in [0.2, 0.25) is 0 Å². The monoisotopic (exact) mass is 616 g/mol. The van der Waals surface area contributed by atoms with E-state index in [4.69, 9.17) is 14.2 Å². The van der Waals surface area contributed by atoms with Crippen LogP contribution in [-0.2, 0) is 22.6 Å². The normalized spacial score (nSPS) is 18.3. The van der Waals surface area contributed by atoms with Gasteiger partial charge in [0.05, 0.1) is 18.1 Å². The number of anilines is 1. The second kappa shape index (κ2) is 12.5. The summed E-state index contributed by atoms with van der Waals surface area (Å²) in [6.45, 7) is 15.1. The van der Waals surface area contributed by atoms with Gasteiger partial charge >= 0.3 is 23.9 Å². The number of aromatic nitrogens is 2. The number of fused-ring (bicyclic) bond motifs is 2. The van der Waals surface area contributed by atoms with Gasteiger partial charge in [0.15, 0.2) is 0 Å². The molecule has 2 amide bonds. The topological polar surface area (TPSA) is 140 Å². The van der Waals surface area contributed by atoms with Crippen LogP contribution < -0.4 is 9.64 Å². The molecule has 1 aromatic heterocycles. The summed E-state index contributed by atoms with van der Waals surface area (Å²) in [5.41, 5.74) is -1.21. The molecule has 0 saturated carbocycles. The molecule has 2 atom stereocenters. The van der Waals surface area contributed by atoms with Gasteiger partial charge in [0, 0.05) is 37.3 Å². The van der Waals surface area contributed by atoms with E-state index < -0.39 is 33.7 Å². The SMILES string of the molecule is CCOc1nc(C)c([N+](=O)[O-])c(N(Cc2ccc(CN3C[C@@H]4C[C@H]3CN4C(=O)OC(C)(C)C)cc2F)C(=O)OC(C)(C)C)n1. The number of halogens is 1. The number of hydrogen-bond acceptors (Lipinski definition) is 10. The highest BCUT2D eigenvalue weighted by molar-refractivity contribution is 5.89. The third-order valence-corrected chi connectivity index (χ3v) is 7.16. The summed E-state index contributed by atoms with van der Waals surface area (Å²) >= 11 is 0. The van der Waals surface area contributed by atoms with Crippen LogP contribution in [0.4, 0.5) is 25.5 Å². The number of ether oxygens (including phenoxy) is 3. The first-order valence-corrected chi connectivity index (χ1v) is 14.6. The van der Waals surface area contributed by atoms with Crippen LogP contribution in [0.25, 0.3) is 0 Å². The van der Waals surface area contributed by atoms with E-state index in [2.05, 4.69) is 14.9 Å². The van der Waals surface area contributed by atoms with E-state index in [0.29, 0.717) is 25.2 Å². The van der Waals surface area contributed by atoms with Gasteiger partial charge in [0.25, 0.3) is 0 Å². The highest BCUT2D eigenvalue weighted by atomic mass is 19.1. The van der Waals surface area contributed by atoms with E-state index in [-0.39, 0.29) is 54.4 Å². The summed E-state index contributed by atoms with van der Waals surface area (Å²) in [6.07, 6.45) is -0.430. The van der Waals surface area contributed by atoms with E-state index in [0.717, 1.165) is 11.3 Å². The zero-order chi connectivity index (χ0) is 32.6. The highest BCUT2D eigenvalue weighted by Gasteiger charge is 2.46. The molecule has 2 bridgehead atoms. The largest absolute Gasteiger partial charge is 0.464 e. The number of aryl methyl sites for hydroxylation is 1. The van der Waals surface area contributed by atoms with Gasteiger partial charge in [-0.3, -0.25) is 19.9 Å². The molecule has 0 N–H and O–H groups in total. The summed E-state index contributed by atoms with van der Waals surface area (Å²) in [4.78, 5) is 50.4. The fourth-order valence-electron chi connectivity index (χ4n) is 5.37. The molecule has 240 valence electrons. The molecular formula is C30H41FN6O7. The Labute approximate surface area is 256 Å². The second-order valence-corrected chi connectivity index (χ2v) is 13.1. The maximum Gasteiger partial charge on any atom is 0.416 e. The Bertz CT molecular complexity index is 1420. The predicted octanol–water partition coefficient (Wildman–Crippen LogP) is 5.37. The molecule has 0 radical (unpaired) electrons. The molecule has 2 aliphatic rings. The lowest BCUT2D eigenvalue weighted by atomic mass is 10.1. The molecule has 0 aliphatic carbocycles. The van der Waals surface area contributed by atoms with E-state index >= 15 is 4.39 Å². The summed E-state index contributed by atoms with van der Waals surface area (Å²) in [7, 11) is 0. The number of nitrogens with zero attached hydrogens (tertiary/aromatic N) is 6. The highest BCUT2D eigenvalue weighted by Crippen LogP contribution is 2.35. The maximum absolute atomic E-state index is 15.6. The minimum atomic E-state index is -0.939. The number of rotatable bonds is 8. The van der Waals surface area contributed by atoms with Crippen molar-refractivity contribution in [3.05, 3.63) is 51.0 Å². The molecule has 14 heteroatoms. The molecule has 13 nitrogen and oxygen atoms in total. The number of amides is 2. The van der Waals surface area contributed by atoms with Crippen molar-refractivity contribution < 1.29 is 33.1 Å². The predicted molar refractivity (Wildman–Crippen MR) is 159 cm³/mol. The van der Waals surface area contributed by atoms with Gasteiger partial charge in [-0.25, -0.2) is 14.0 Å². The first kappa shape index (κ1) is 32.8. The van der Waals surface area contributed by atoms with Crippen molar-refractivity contribution in [2.24, 2.45) is 0 Å². The quantitative estimate of drug-likeness (QED) is 0.281. The molecule has 4 rings (SSSR count). The Morgan fingerprint density at radius 3 is 2.32 bits per heavy atom. The third-order valence-electron chi connectivity index (χ3n) is 7.16. The minimum Gasteiger partial charge on any atom is -0.464 e. The van der Waals surface area contributed by atoms with Crippen LogP contribution in [0.15, 0.2) is 18.2 Å². The van der Waals surface area contributed by atoms with Gasteiger partial charge in [-0.2, -0.15) is 9.97 Å². The van der Waals surface area contributed by atoms with Crippen molar-refractivity contribution in [1.82, 2.24) is 19.8 Å². The van der Waals surface area contributed by atoms with Gasteiger partial charge in [0.1, 0.15) is 22.7 Å². The minimum absolute atomic E-state index is 0.0158. The molecular weight excluding hydrogens is 575 g/mol. The van der Waals surface area contributed by atoms with Crippen molar-refractivity contribution in [3.63, 3.8) is 0 Å². The van der Waals surface area contributed by atoms with Gasteiger partial charge < -0.3 is 19.1 Å². The van der Waals surface area contributed by atoms with Crippen molar-refractivity contribution in [2.75, 3.05) is 24.6 Å². The van der Waals surface area contributed by atoms with Gasteiger partial charge in [-0.1, -0.05) is 12.1 Å². The van der Waals surface area contributed by atoms with E-state index in [1.54, 1.807) is 44.7 Å². The number of carbonyl (C=O) groups excluding carboxylic acids is 2. The number of hydrogen-bond donors (Lipinski definition) is 0. The molecule has 0 spiro atoms. The number of carbonyl (C=O) groups is 2. The molecule has 2 saturated heterocycles. The smallest absolute Gasteiger partial charge is 0.416 e. The molecule has 2 aliphatic heterocycles. The Hall–Kier alpha value is -4.07. The first-order valence-electron chi connectivity index (χ1n) is 14.6. The average Bonchev–Trinajstić information content (AvgIpc) is 3.46. The number of likely N-dealkylation sites (tertiary alicyclic amines) is 2. The van der Waals surface area contributed by atoms with Gasteiger partial charge in [-0.05, 0) is 73.4 Å². The molecule has 3 heterocycles. The lowest BCUT2D eigenvalue weighted by Crippen LogP contribution is -2.49. The van der Waals surface area contributed by atoms with E-state index in [9.17, 15) is 19.7 Å². The standard InChI is InChI=1S/C30H41FN6O7/c1-9-42-26-32-18(2)24(37(40)41)25(33-26)36(28(39)44-30(6,7)8)15-20-11-10-19(12-23(20)31)14-34-16-22-13-21(34)17-35(22)27(38)43-29(3,4)5/h10-12,21-22H,9,13-17H2,1-8H3/t21-,22-/m0/s1. The Morgan fingerprint density at radius 2 is 1.77 bits per heavy atom. The van der Waals surface area contributed by atoms with Crippen molar-refractivity contribution in [1.29, 1.82) is 0 Å². The molecule has 2 aromatic rings. The molecule has 0 unspecified atom stereocenters. The Balaban J connectivity index is 1.55. The fraction of sp³-hybridized carbons (Fsp3) is 0.600. The van der Waals surface area contributed by atoms with E-state index in [1.165, 1.54) is 13.0 Å². The molecule has 1 aromatic carbocycles. The second-order valence-electron chi connectivity index (χ2n) is 13.1. The molecule has 44 heavy (non-hydrogen) atoms. The fourth-order valence-corrected chi connectivity index (χ4v) is 5.37. The van der Waals surface area contributed by atoms with Crippen LogP contribution in [0.5, 0.6) is 6.01 Å². The third kappa shape index (κ3) is 7.71. The van der Waals surface area contributed by atoms with Crippen LogP contribution in [0.1, 0.15) is 71.7 Å². The van der Waals surface area contributed by atoms with Crippen LogP contribution in [0, 0.1) is 22.9 Å². The van der Waals surface area contributed by atoms with Crippen LogP contribution in [0.3, 0.4) is 0 Å². The summed E-state index contributed by atoms with van der Waals surface area (Å²) in [5, 5.41) is 12.0. The maximum atomic E-state index is 15.6. The molecule has 2 fully saturated rings. The van der Waals surface area contributed by atoms with Crippen molar-refractivity contribution >= 4 is 23.7 Å². The Kier molecular flexibility index (Phi) is 9.33. The lowest BCUT2D eigenvalue weighted by molar-refractivity contribution is -0.385. The summed E-state index contributed by atoms with van der Waals surface area (Å²) < 4.78 is 32.0. The number of nitro groups is 1. The van der Waals surface area contributed by atoms with Gasteiger partial charge in [-0.15, -0.1) is 0 Å². The zero-order valence-corrected chi connectivity index (χ0v) is 26.5. The van der Waals surface area contributed by atoms with Crippen LogP contribution >= 0.6 is 0 Å².